The van der Waals surface area contributed by atoms with Gasteiger partial charge in [-0.15, -0.1) is 0 Å². The van der Waals surface area contributed by atoms with Crippen molar-refractivity contribution >= 4 is 17.8 Å². The van der Waals surface area contributed by atoms with Gasteiger partial charge in [0.1, 0.15) is 17.4 Å². The Bertz CT molecular complexity index is 484. The number of hydrogen-bond donors (Lipinski definition) is 0. The van der Waals surface area contributed by atoms with E-state index in [2.05, 4.69) is 0 Å². The molecule has 1 aliphatic carbocycles. The van der Waals surface area contributed by atoms with Gasteiger partial charge in [0.05, 0.1) is 6.61 Å². The fraction of sp³-hybridized carbons (Fsp3) is 0.824. The van der Waals surface area contributed by atoms with E-state index >= 15 is 0 Å². The maximum absolute atomic E-state index is 12.5. The van der Waals surface area contributed by atoms with E-state index in [0.717, 1.165) is 12.8 Å². The Kier molecular flexibility index (Phi) is 5.01. The summed E-state index contributed by atoms with van der Waals surface area (Å²) in [5.41, 5.74) is -0.781. The summed E-state index contributed by atoms with van der Waals surface area (Å²) < 4.78 is 10.6. The molecule has 0 radical (unpaired) electrons. The van der Waals surface area contributed by atoms with Crippen LogP contribution >= 0.6 is 0 Å². The fourth-order valence-corrected chi connectivity index (χ4v) is 3.44. The molecular formula is C17H27NO5. The molecule has 0 aromatic carbocycles. The van der Waals surface area contributed by atoms with Crippen LogP contribution in [0.5, 0.6) is 0 Å². The standard InChI is InChI=1S/C17H27NO5/c1-5-22-14(20)13-10-17(8-6-12(19)7-9-17)11-18(13)15(21)23-16(2,3)4/h13H,5-11H2,1-4H3. The molecule has 1 saturated carbocycles. The second-order valence-corrected chi connectivity index (χ2v) is 7.62. The van der Waals surface area contributed by atoms with Gasteiger partial charge in [-0.25, -0.2) is 9.59 Å². The molecule has 1 heterocycles. The summed E-state index contributed by atoms with van der Waals surface area (Å²) in [6.45, 7) is 7.89. The number of esters is 1. The smallest absolute Gasteiger partial charge is 0.411 e. The first-order valence-electron chi connectivity index (χ1n) is 8.34. The largest absolute Gasteiger partial charge is 0.464 e. The number of carbonyl (C=O) groups is 3. The van der Waals surface area contributed by atoms with E-state index in [4.69, 9.17) is 9.47 Å². The molecule has 1 spiro atoms. The minimum absolute atomic E-state index is 0.164. The van der Waals surface area contributed by atoms with Gasteiger partial charge < -0.3 is 9.47 Å². The molecule has 2 rings (SSSR count). The van der Waals surface area contributed by atoms with Crippen LogP contribution in [0.2, 0.25) is 0 Å². The van der Waals surface area contributed by atoms with Crippen molar-refractivity contribution in [1.29, 1.82) is 0 Å². The van der Waals surface area contributed by atoms with Crippen molar-refractivity contribution < 1.29 is 23.9 Å². The predicted molar refractivity (Wildman–Crippen MR) is 83.9 cm³/mol. The molecule has 23 heavy (non-hydrogen) atoms. The van der Waals surface area contributed by atoms with Crippen molar-refractivity contribution in [3.8, 4) is 0 Å². The lowest BCUT2D eigenvalue weighted by Gasteiger charge is -2.32. The number of carbonyl (C=O) groups excluding carboxylic acids is 3. The lowest BCUT2D eigenvalue weighted by Crippen LogP contribution is -2.44. The summed E-state index contributed by atoms with van der Waals surface area (Å²) in [6.07, 6.45) is 2.57. The zero-order chi connectivity index (χ0) is 17.3. The van der Waals surface area contributed by atoms with Crippen molar-refractivity contribution in [2.24, 2.45) is 5.41 Å². The van der Waals surface area contributed by atoms with E-state index < -0.39 is 17.7 Å². The van der Waals surface area contributed by atoms with E-state index in [0.29, 0.717) is 25.8 Å². The van der Waals surface area contributed by atoms with Gasteiger partial charge in [-0.05, 0) is 52.4 Å². The van der Waals surface area contributed by atoms with Gasteiger partial charge in [0.25, 0.3) is 0 Å². The van der Waals surface area contributed by atoms with Gasteiger partial charge in [0, 0.05) is 19.4 Å². The molecule has 2 aliphatic rings. The Labute approximate surface area is 137 Å². The highest BCUT2D eigenvalue weighted by Gasteiger charge is 2.51. The highest BCUT2D eigenvalue weighted by atomic mass is 16.6. The number of hydrogen-bond acceptors (Lipinski definition) is 5. The highest BCUT2D eigenvalue weighted by Crippen LogP contribution is 2.46. The summed E-state index contributed by atoms with van der Waals surface area (Å²) in [5.74, 6) is -0.119. The average Bonchev–Trinajstić information content (AvgIpc) is 2.81. The van der Waals surface area contributed by atoms with Crippen LogP contribution in [0.3, 0.4) is 0 Å². The lowest BCUT2D eigenvalue weighted by molar-refractivity contribution is -0.148. The predicted octanol–water partition coefficient (Wildman–Crippen LogP) is 2.69. The third-order valence-electron chi connectivity index (χ3n) is 4.56. The van der Waals surface area contributed by atoms with Crippen molar-refractivity contribution in [3.05, 3.63) is 0 Å². The number of amides is 1. The van der Waals surface area contributed by atoms with Crippen LogP contribution in [-0.2, 0) is 19.1 Å². The van der Waals surface area contributed by atoms with Gasteiger partial charge in [-0.1, -0.05) is 0 Å². The second kappa shape index (κ2) is 6.49. The first-order chi connectivity index (χ1) is 10.7. The number of nitrogens with zero attached hydrogens (tertiary/aromatic N) is 1. The Morgan fingerprint density at radius 1 is 1.26 bits per heavy atom. The maximum atomic E-state index is 12.5. The monoisotopic (exact) mass is 325 g/mol. The normalized spacial score (nSPS) is 23.9. The molecule has 1 saturated heterocycles. The zero-order valence-electron chi connectivity index (χ0n) is 14.5. The van der Waals surface area contributed by atoms with E-state index in [1.807, 2.05) is 0 Å². The van der Waals surface area contributed by atoms with E-state index in [9.17, 15) is 14.4 Å². The maximum Gasteiger partial charge on any atom is 0.411 e. The summed E-state index contributed by atoms with van der Waals surface area (Å²) in [6, 6.07) is -0.613. The Morgan fingerprint density at radius 3 is 2.39 bits per heavy atom. The molecule has 6 heteroatoms. The minimum atomic E-state index is -0.616. The second-order valence-electron chi connectivity index (χ2n) is 7.62. The molecule has 1 aliphatic heterocycles. The number of likely N-dealkylation sites (tertiary alicyclic amines) is 1. The summed E-state index contributed by atoms with van der Waals surface area (Å²) in [7, 11) is 0. The molecule has 6 nitrogen and oxygen atoms in total. The topological polar surface area (TPSA) is 72.9 Å². The molecule has 1 atom stereocenters. The van der Waals surface area contributed by atoms with Crippen LogP contribution in [0, 0.1) is 5.41 Å². The van der Waals surface area contributed by atoms with Crippen LogP contribution in [0.4, 0.5) is 4.79 Å². The third kappa shape index (κ3) is 4.24. The van der Waals surface area contributed by atoms with Crippen molar-refractivity contribution in [2.75, 3.05) is 13.2 Å². The number of ether oxygens (including phenoxy) is 2. The van der Waals surface area contributed by atoms with E-state index in [1.54, 1.807) is 27.7 Å². The molecule has 130 valence electrons. The van der Waals surface area contributed by atoms with Crippen LogP contribution in [0.1, 0.15) is 59.8 Å². The molecule has 1 amide bonds. The number of Topliss-reactive ketones (excluding diaryl/α,β-unsaturated/α-hetero) is 1. The van der Waals surface area contributed by atoms with Crippen molar-refractivity contribution in [2.45, 2.75) is 71.4 Å². The highest BCUT2D eigenvalue weighted by molar-refractivity contribution is 5.83. The molecule has 2 fully saturated rings. The Morgan fingerprint density at radius 2 is 1.87 bits per heavy atom. The zero-order valence-corrected chi connectivity index (χ0v) is 14.5. The van der Waals surface area contributed by atoms with Gasteiger partial charge in [-0.3, -0.25) is 9.69 Å². The molecule has 1 unspecified atom stereocenters. The molecule has 0 aromatic heterocycles. The van der Waals surface area contributed by atoms with Gasteiger partial charge in [0.2, 0.25) is 0 Å². The summed E-state index contributed by atoms with van der Waals surface area (Å²) in [4.78, 5) is 37.8. The van der Waals surface area contributed by atoms with Crippen LogP contribution in [0.25, 0.3) is 0 Å². The van der Waals surface area contributed by atoms with Crippen molar-refractivity contribution in [1.82, 2.24) is 4.90 Å². The van der Waals surface area contributed by atoms with Crippen LogP contribution in [0.15, 0.2) is 0 Å². The van der Waals surface area contributed by atoms with Gasteiger partial charge in [-0.2, -0.15) is 0 Å². The van der Waals surface area contributed by atoms with Gasteiger partial charge in [0.15, 0.2) is 0 Å². The summed E-state index contributed by atoms with van der Waals surface area (Å²) >= 11 is 0. The Balaban J connectivity index is 2.17. The third-order valence-corrected chi connectivity index (χ3v) is 4.56. The molecule has 0 N–H and O–H groups in total. The SMILES string of the molecule is CCOC(=O)C1CC2(CCC(=O)CC2)CN1C(=O)OC(C)(C)C. The average molecular weight is 325 g/mol. The van der Waals surface area contributed by atoms with Crippen molar-refractivity contribution in [3.63, 3.8) is 0 Å². The lowest BCUT2D eigenvalue weighted by atomic mass is 9.72. The first-order valence-corrected chi connectivity index (χ1v) is 8.34. The van der Waals surface area contributed by atoms with E-state index in [1.165, 1.54) is 4.90 Å². The minimum Gasteiger partial charge on any atom is -0.464 e. The summed E-state index contributed by atoms with van der Waals surface area (Å²) in [5, 5.41) is 0. The molecule has 0 aromatic rings. The quantitative estimate of drug-likeness (QED) is 0.730. The van der Waals surface area contributed by atoms with Crippen LogP contribution < -0.4 is 0 Å². The first kappa shape index (κ1) is 17.8. The molecular weight excluding hydrogens is 298 g/mol. The number of rotatable bonds is 2. The van der Waals surface area contributed by atoms with Crippen LogP contribution in [-0.4, -0.2) is 47.5 Å². The van der Waals surface area contributed by atoms with E-state index in [-0.39, 0.29) is 23.8 Å². The fourth-order valence-electron chi connectivity index (χ4n) is 3.44. The number of ketones is 1. The Hall–Kier alpha value is -1.59. The van der Waals surface area contributed by atoms with Gasteiger partial charge >= 0.3 is 12.1 Å². The molecule has 0 bridgehead atoms.